The van der Waals surface area contributed by atoms with Crippen LogP contribution in [0.25, 0.3) is 0 Å². The van der Waals surface area contributed by atoms with E-state index in [1.807, 2.05) is 5.57 Å². The van der Waals surface area contributed by atoms with Gasteiger partial charge < -0.3 is 4.90 Å². The SMILES string of the molecule is C1=C\CCCCN2C[C@]34CCCCCCCCCCCN(C[C@H]5C/C(=C/C/1)[C@@H]2C[C@H]53)C4. The Morgan fingerprint density at radius 2 is 1.55 bits per heavy atom. The summed E-state index contributed by atoms with van der Waals surface area (Å²) in [5.74, 6) is 1.93. The minimum atomic E-state index is 0.591. The molecule has 3 saturated heterocycles. The van der Waals surface area contributed by atoms with Crippen LogP contribution in [-0.4, -0.2) is 48.6 Å². The molecule has 4 bridgehead atoms. The summed E-state index contributed by atoms with van der Waals surface area (Å²) in [6.45, 7) is 6.93. The van der Waals surface area contributed by atoms with Gasteiger partial charge in [-0.3, -0.25) is 4.90 Å². The van der Waals surface area contributed by atoms with Gasteiger partial charge in [0.05, 0.1) is 0 Å². The Labute approximate surface area is 192 Å². The van der Waals surface area contributed by atoms with Crippen molar-refractivity contribution in [1.29, 1.82) is 0 Å². The predicted octanol–water partition coefficient (Wildman–Crippen LogP) is 6.97. The molecule has 0 amide bonds. The highest BCUT2D eigenvalue weighted by Crippen LogP contribution is 2.55. The number of nitrogens with zero attached hydrogens (tertiary/aromatic N) is 2. The fraction of sp³-hybridized carbons (Fsp3) is 0.862. The minimum Gasteiger partial charge on any atom is -0.302 e. The van der Waals surface area contributed by atoms with Crippen LogP contribution in [0.3, 0.4) is 0 Å². The third-order valence-electron chi connectivity index (χ3n) is 9.65. The number of rotatable bonds is 0. The summed E-state index contributed by atoms with van der Waals surface area (Å²) in [7, 11) is 0. The Balaban J connectivity index is 1.40. The first kappa shape index (κ1) is 22.2. The third-order valence-corrected chi connectivity index (χ3v) is 9.65. The van der Waals surface area contributed by atoms with Gasteiger partial charge in [-0.25, -0.2) is 0 Å². The van der Waals surface area contributed by atoms with Gasteiger partial charge in [0.1, 0.15) is 0 Å². The molecule has 2 nitrogen and oxygen atoms in total. The van der Waals surface area contributed by atoms with Crippen LogP contribution in [0.15, 0.2) is 23.8 Å². The molecule has 1 aliphatic carbocycles. The van der Waals surface area contributed by atoms with Crippen molar-refractivity contribution in [2.75, 3.05) is 32.7 Å². The van der Waals surface area contributed by atoms with E-state index in [1.54, 1.807) is 0 Å². The lowest BCUT2D eigenvalue weighted by atomic mass is 9.54. The average Bonchev–Trinajstić information content (AvgIpc) is 2.82. The molecular weight excluding hydrogens is 376 g/mol. The van der Waals surface area contributed by atoms with Crippen LogP contribution in [0.2, 0.25) is 0 Å². The molecule has 4 heterocycles. The number of hydrogen-bond donors (Lipinski definition) is 0. The summed E-state index contributed by atoms with van der Waals surface area (Å²) in [4.78, 5) is 5.95. The number of allylic oxidation sites excluding steroid dienone is 3. The smallest absolute Gasteiger partial charge is 0.0310 e. The molecular formula is C29H48N2. The molecule has 5 rings (SSSR count). The van der Waals surface area contributed by atoms with E-state index in [0.29, 0.717) is 5.41 Å². The van der Waals surface area contributed by atoms with Gasteiger partial charge in [0, 0.05) is 25.7 Å². The molecule has 0 aromatic heterocycles. The first-order chi connectivity index (χ1) is 15.3. The Morgan fingerprint density at radius 1 is 0.774 bits per heavy atom. The van der Waals surface area contributed by atoms with Crippen LogP contribution in [0.5, 0.6) is 0 Å². The molecule has 174 valence electrons. The molecule has 0 aromatic rings. The molecule has 4 aliphatic heterocycles. The molecule has 1 saturated carbocycles. The van der Waals surface area contributed by atoms with E-state index in [-0.39, 0.29) is 0 Å². The van der Waals surface area contributed by atoms with E-state index in [2.05, 4.69) is 28.0 Å². The van der Waals surface area contributed by atoms with Crippen LogP contribution < -0.4 is 0 Å². The van der Waals surface area contributed by atoms with Crippen LogP contribution in [-0.2, 0) is 0 Å². The maximum absolute atomic E-state index is 3.00. The molecule has 2 heteroatoms. The Morgan fingerprint density at radius 3 is 2.42 bits per heavy atom. The zero-order valence-electron chi connectivity index (χ0n) is 20.2. The summed E-state index contributed by atoms with van der Waals surface area (Å²) in [6.07, 6.45) is 30.4. The number of fused-ring (bicyclic) bond motifs is 1. The first-order valence-electron chi connectivity index (χ1n) is 14.1. The lowest BCUT2D eigenvalue weighted by molar-refractivity contribution is -0.109. The van der Waals surface area contributed by atoms with Crippen LogP contribution >= 0.6 is 0 Å². The molecule has 0 aromatic carbocycles. The van der Waals surface area contributed by atoms with E-state index in [4.69, 9.17) is 0 Å². The topological polar surface area (TPSA) is 6.48 Å². The molecule has 0 radical (unpaired) electrons. The normalized spacial score (nSPS) is 43.5. The van der Waals surface area contributed by atoms with Crippen LogP contribution in [0.1, 0.15) is 103 Å². The van der Waals surface area contributed by atoms with E-state index in [9.17, 15) is 0 Å². The van der Waals surface area contributed by atoms with Crippen molar-refractivity contribution in [2.24, 2.45) is 17.3 Å². The zero-order valence-corrected chi connectivity index (χ0v) is 20.2. The van der Waals surface area contributed by atoms with Crippen molar-refractivity contribution in [2.45, 2.75) is 109 Å². The minimum absolute atomic E-state index is 0.591. The van der Waals surface area contributed by atoms with E-state index in [1.165, 1.54) is 135 Å². The monoisotopic (exact) mass is 424 g/mol. The molecule has 4 fully saturated rings. The molecule has 31 heavy (non-hydrogen) atoms. The van der Waals surface area contributed by atoms with Gasteiger partial charge in [-0.05, 0) is 81.7 Å². The highest BCUT2D eigenvalue weighted by Gasteiger charge is 2.55. The van der Waals surface area contributed by atoms with Crippen molar-refractivity contribution in [1.82, 2.24) is 9.80 Å². The van der Waals surface area contributed by atoms with Gasteiger partial charge >= 0.3 is 0 Å². The molecule has 5 aliphatic rings. The van der Waals surface area contributed by atoms with Crippen molar-refractivity contribution in [3.05, 3.63) is 23.8 Å². The van der Waals surface area contributed by atoms with Crippen LogP contribution in [0, 0.1) is 17.3 Å². The maximum Gasteiger partial charge on any atom is 0.0310 e. The van der Waals surface area contributed by atoms with Gasteiger partial charge in [-0.15, -0.1) is 0 Å². The predicted molar refractivity (Wildman–Crippen MR) is 132 cm³/mol. The largest absolute Gasteiger partial charge is 0.302 e. The first-order valence-corrected chi connectivity index (χ1v) is 14.1. The number of hydrogen-bond acceptors (Lipinski definition) is 2. The van der Waals surface area contributed by atoms with Crippen molar-refractivity contribution < 1.29 is 0 Å². The Hall–Kier alpha value is -0.600. The van der Waals surface area contributed by atoms with E-state index < -0.39 is 0 Å². The highest BCUT2D eigenvalue weighted by molar-refractivity contribution is 5.23. The van der Waals surface area contributed by atoms with Gasteiger partial charge in [0.25, 0.3) is 0 Å². The van der Waals surface area contributed by atoms with Gasteiger partial charge in [-0.2, -0.15) is 0 Å². The molecule has 1 unspecified atom stereocenters. The second kappa shape index (κ2) is 10.6. The van der Waals surface area contributed by atoms with Gasteiger partial charge in [-0.1, -0.05) is 75.2 Å². The van der Waals surface area contributed by atoms with Crippen molar-refractivity contribution in [3.8, 4) is 0 Å². The van der Waals surface area contributed by atoms with Crippen molar-refractivity contribution in [3.63, 3.8) is 0 Å². The summed E-state index contributed by atoms with van der Waals surface area (Å²) in [5.41, 5.74) is 2.41. The lowest BCUT2D eigenvalue weighted by Gasteiger charge is -2.62. The van der Waals surface area contributed by atoms with Crippen LogP contribution in [0.4, 0.5) is 0 Å². The Kier molecular flexibility index (Phi) is 7.56. The lowest BCUT2D eigenvalue weighted by Crippen LogP contribution is -2.66. The summed E-state index contributed by atoms with van der Waals surface area (Å²) in [6, 6.07) is 0.776. The second-order valence-corrected chi connectivity index (χ2v) is 11.8. The third kappa shape index (κ3) is 5.16. The van der Waals surface area contributed by atoms with Gasteiger partial charge in [0.15, 0.2) is 0 Å². The average molecular weight is 425 g/mol. The summed E-state index contributed by atoms with van der Waals surface area (Å²) >= 11 is 0. The second-order valence-electron chi connectivity index (χ2n) is 11.8. The fourth-order valence-corrected chi connectivity index (χ4v) is 8.16. The van der Waals surface area contributed by atoms with Gasteiger partial charge in [0.2, 0.25) is 0 Å². The molecule has 1 spiro atoms. The van der Waals surface area contributed by atoms with Crippen molar-refractivity contribution >= 4 is 0 Å². The fourth-order valence-electron chi connectivity index (χ4n) is 8.16. The highest BCUT2D eigenvalue weighted by atomic mass is 15.2. The molecule has 0 N–H and O–H groups in total. The van der Waals surface area contributed by atoms with E-state index >= 15 is 0 Å². The summed E-state index contributed by atoms with van der Waals surface area (Å²) in [5, 5.41) is 0. The summed E-state index contributed by atoms with van der Waals surface area (Å²) < 4.78 is 0. The Bertz CT molecular complexity index is 637. The molecule has 5 atom stereocenters. The quantitative estimate of drug-likeness (QED) is 0.387. The standard InChI is InChI=1S/C29H48N2/c1-2-5-9-13-17-29-23-30(18-14-10-6-3-1)22-26-20-25-16-12-8-4-7-11-15-19-31(24-29)28(25)21-27(26)29/h4,8,16,26-28H,1-3,5-7,9-15,17-24H2/b8-4-,25-16-/t26-,27-,28+,29-/m1/s1. The zero-order chi connectivity index (χ0) is 20.9. The van der Waals surface area contributed by atoms with E-state index in [0.717, 1.165) is 17.9 Å². The number of piperidine rings is 2. The maximum atomic E-state index is 3.00.